The molecule has 138 valence electrons. The zero-order valence-electron chi connectivity index (χ0n) is 14.4. The van der Waals surface area contributed by atoms with Crippen molar-refractivity contribution in [2.75, 3.05) is 26.5 Å². The van der Waals surface area contributed by atoms with Crippen molar-refractivity contribution >= 4 is 15.9 Å². The number of nitrogens with one attached hydrogen (secondary N) is 2. The van der Waals surface area contributed by atoms with Crippen LogP contribution >= 0.6 is 0 Å². The molecule has 1 aromatic rings. The van der Waals surface area contributed by atoms with Gasteiger partial charge in [-0.05, 0) is 25.6 Å². The molecule has 0 radical (unpaired) electrons. The molecule has 0 unspecified atom stereocenters. The lowest BCUT2D eigenvalue weighted by Gasteiger charge is -2.47. The summed E-state index contributed by atoms with van der Waals surface area (Å²) in [7, 11) is -1.51. The first-order valence-electron chi connectivity index (χ1n) is 8.30. The van der Waals surface area contributed by atoms with Gasteiger partial charge in [0, 0.05) is 25.3 Å². The van der Waals surface area contributed by atoms with Gasteiger partial charge in [0.05, 0.1) is 36.7 Å². The predicted octanol–water partition coefficient (Wildman–Crippen LogP) is -0.665. The average molecular weight is 368 g/mol. The smallest absolute Gasteiger partial charge is 0.234 e. The molecular weight excluding hydrogens is 344 g/mol. The van der Waals surface area contributed by atoms with E-state index in [4.69, 9.17) is 4.74 Å². The third-order valence-electron chi connectivity index (χ3n) is 4.63. The Bertz CT molecular complexity index is 712. The maximum atomic E-state index is 12.4. The van der Waals surface area contributed by atoms with E-state index >= 15 is 0 Å². The number of likely N-dealkylation sites (N-methyl/N-ethyl adjacent to an activating group) is 1. The Morgan fingerprint density at radius 3 is 2.88 bits per heavy atom. The van der Waals surface area contributed by atoms with Crippen LogP contribution < -0.4 is 10.0 Å². The Hall–Kier alpha value is -1.55. The molecule has 0 aromatic carbocycles. The van der Waals surface area contributed by atoms with Crippen LogP contribution in [0.3, 0.4) is 0 Å². The van der Waals surface area contributed by atoms with E-state index in [1.54, 1.807) is 6.20 Å². The van der Waals surface area contributed by atoms with E-state index in [9.17, 15) is 13.2 Å². The Morgan fingerprint density at radius 1 is 1.40 bits per heavy atom. The molecule has 1 aliphatic heterocycles. The Morgan fingerprint density at radius 2 is 2.20 bits per heavy atom. The first-order valence-corrected chi connectivity index (χ1v) is 10.2. The topological polar surface area (TPSA) is 101 Å². The van der Waals surface area contributed by atoms with Gasteiger partial charge in [0.15, 0.2) is 0 Å². The molecular formula is C16H24N4O4S. The van der Waals surface area contributed by atoms with Crippen molar-refractivity contribution in [3.05, 3.63) is 30.1 Å². The van der Waals surface area contributed by atoms with Gasteiger partial charge in [0.2, 0.25) is 15.9 Å². The molecule has 2 fully saturated rings. The lowest BCUT2D eigenvalue weighted by atomic mass is 9.72. The van der Waals surface area contributed by atoms with E-state index < -0.39 is 16.1 Å². The Kier molecular flexibility index (Phi) is 5.38. The largest absolute Gasteiger partial charge is 0.376 e. The highest BCUT2D eigenvalue weighted by molar-refractivity contribution is 7.88. The van der Waals surface area contributed by atoms with Crippen molar-refractivity contribution in [3.8, 4) is 0 Å². The van der Waals surface area contributed by atoms with Gasteiger partial charge < -0.3 is 10.1 Å². The number of aromatic nitrogens is 1. The van der Waals surface area contributed by atoms with Crippen LogP contribution in [-0.2, 0) is 26.1 Å². The first-order chi connectivity index (χ1) is 11.8. The summed E-state index contributed by atoms with van der Waals surface area (Å²) in [6.45, 7) is 1.39. The second-order valence-electron chi connectivity index (χ2n) is 6.79. The van der Waals surface area contributed by atoms with E-state index in [0.717, 1.165) is 18.4 Å². The summed E-state index contributed by atoms with van der Waals surface area (Å²) in [4.78, 5) is 18.5. The van der Waals surface area contributed by atoms with Crippen LogP contribution in [0, 0.1) is 5.92 Å². The molecule has 2 heterocycles. The molecule has 1 saturated heterocycles. The summed E-state index contributed by atoms with van der Waals surface area (Å²) in [5, 5.41) is 2.97. The molecule has 2 N–H and O–H groups in total. The number of nitrogens with zero attached hydrogens (tertiary/aromatic N) is 2. The average Bonchev–Trinajstić information content (AvgIpc) is 2.95. The molecule has 1 aromatic heterocycles. The number of ether oxygens (including phenoxy) is 1. The lowest BCUT2D eigenvalue weighted by molar-refractivity contribution is -0.126. The molecule has 25 heavy (non-hydrogen) atoms. The normalized spacial score (nSPS) is 28.4. The molecule has 0 bridgehead atoms. The third kappa shape index (κ3) is 4.55. The molecule has 2 aliphatic rings. The summed E-state index contributed by atoms with van der Waals surface area (Å²) in [6, 6.07) is 5.05. The van der Waals surface area contributed by atoms with Crippen LogP contribution in [0.15, 0.2) is 24.4 Å². The van der Waals surface area contributed by atoms with Crippen LogP contribution in [0.4, 0.5) is 0 Å². The van der Waals surface area contributed by atoms with Gasteiger partial charge in [-0.25, -0.2) is 13.1 Å². The van der Waals surface area contributed by atoms with Crippen molar-refractivity contribution in [2.45, 2.75) is 31.2 Å². The number of sulfonamides is 1. The van der Waals surface area contributed by atoms with E-state index in [1.165, 1.54) is 0 Å². The fraction of sp³-hybridized carbons (Fsp3) is 0.625. The highest BCUT2D eigenvalue weighted by Crippen LogP contribution is 2.39. The number of amides is 1. The fourth-order valence-electron chi connectivity index (χ4n) is 3.59. The number of carbonyl (C=O) groups excluding carboxylic acids is 1. The van der Waals surface area contributed by atoms with Crippen molar-refractivity contribution in [3.63, 3.8) is 0 Å². The molecule has 3 rings (SSSR count). The molecule has 1 aliphatic carbocycles. The van der Waals surface area contributed by atoms with Crippen LogP contribution in [-0.4, -0.2) is 68.9 Å². The summed E-state index contributed by atoms with van der Waals surface area (Å²) < 4.78 is 31.3. The molecule has 1 saturated carbocycles. The highest BCUT2D eigenvalue weighted by atomic mass is 32.2. The first kappa shape index (κ1) is 18.2. The zero-order valence-corrected chi connectivity index (χ0v) is 15.2. The van der Waals surface area contributed by atoms with Gasteiger partial charge in [0.25, 0.3) is 0 Å². The van der Waals surface area contributed by atoms with Gasteiger partial charge in [-0.1, -0.05) is 6.07 Å². The number of fused-ring (bicyclic) bond motifs is 1. The molecule has 8 nitrogen and oxygen atoms in total. The van der Waals surface area contributed by atoms with E-state index in [0.29, 0.717) is 13.2 Å². The Labute approximate surface area is 148 Å². The van der Waals surface area contributed by atoms with E-state index in [-0.39, 0.29) is 30.5 Å². The second kappa shape index (κ2) is 7.36. The fourth-order valence-corrected chi connectivity index (χ4v) is 4.37. The molecule has 4 atom stereocenters. The summed E-state index contributed by atoms with van der Waals surface area (Å²) in [5.74, 6) is 0.0402. The lowest BCUT2D eigenvalue weighted by Crippen LogP contribution is -2.71. The molecule has 1 amide bonds. The van der Waals surface area contributed by atoms with Crippen LogP contribution in [0.25, 0.3) is 0 Å². The predicted molar refractivity (Wildman–Crippen MR) is 92.1 cm³/mol. The minimum Gasteiger partial charge on any atom is -0.376 e. The van der Waals surface area contributed by atoms with Gasteiger partial charge in [-0.15, -0.1) is 0 Å². The van der Waals surface area contributed by atoms with Crippen LogP contribution in [0.5, 0.6) is 0 Å². The number of carbonyl (C=O) groups is 1. The standard InChI is InChI=1S/C16H24N4O4S/c1-20(9-11-5-3-4-7-17-11)10-13(21)18-14-12-6-8-24-16(12)15(14)19-25(2,22)23/h3-5,7,12,14-16,19H,6,8-10H2,1-2H3,(H,18,21)/t12-,14+,15-,16-/m1/s1. The van der Waals surface area contributed by atoms with Crippen molar-refractivity contribution < 1.29 is 17.9 Å². The Balaban J connectivity index is 1.54. The van der Waals surface area contributed by atoms with Gasteiger partial charge in [-0.3, -0.25) is 14.7 Å². The monoisotopic (exact) mass is 368 g/mol. The number of hydrogen-bond donors (Lipinski definition) is 2. The van der Waals surface area contributed by atoms with Crippen LogP contribution in [0.1, 0.15) is 12.1 Å². The maximum absolute atomic E-state index is 12.4. The highest BCUT2D eigenvalue weighted by Gasteiger charge is 2.55. The minimum absolute atomic E-state index is 0.130. The van der Waals surface area contributed by atoms with Crippen molar-refractivity contribution in [1.82, 2.24) is 19.9 Å². The summed E-state index contributed by atoms with van der Waals surface area (Å²) >= 11 is 0. The maximum Gasteiger partial charge on any atom is 0.234 e. The second-order valence-corrected chi connectivity index (χ2v) is 8.57. The van der Waals surface area contributed by atoms with Gasteiger partial charge in [0.1, 0.15) is 0 Å². The van der Waals surface area contributed by atoms with Gasteiger partial charge in [-0.2, -0.15) is 0 Å². The number of hydrogen-bond acceptors (Lipinski definition) is 6. The summed E-state index contributed by atoms with van der Waals surface area (Å²) in [5.41, 5.74) is 0.891. The number of rotatable bonds is 7. The van der Waals surface area contributed by atoms with E-state index in [2.05, 4.69) is 15.0 Å². The quantitative estimate of drug-likeness (QED) is 0.662. The SMILES string of the molecule is CN(CC(=O)N[C@H]1[C@H]2CCO[C@H]2[C@@H]1NS(C)(=O)=O)Cc1ccccn1. The zero-order chi connectivity index (χ0) is 18.0. The number of pyridine rings is 1. The molecule has 9 heteroatoms. The molecule has 0 spiro atoms. The van der Waals surface area contributed by atoms with Crippen molar-refractivity contribution in [2.24, 2.45) is 5.92 Å². The summed E-state index contributed by atoms with van der Waals surface area (Å²) in [6.07, 6.45) is 3.53. The van der Waals surface area contributed by atoms with E-state index in [1.807, 2.05) is 30.1 Å². The van der Waals surface area contributed by atoms with Crippen molar-refractivity contribution in [1.29, 1.82) is 0 Å². The van der Waals surface area contributed by atoms with Crippen LogP contribution in [0.2, 0.25) is 0 Å². The third-order valence-corrected chi connectivity index (χ3v) is 5.34. The van der Waals surface area contributed by atoms with Gasteiger partial charge >= 0.3 is 0 Å². The minimum atomic E-state index is -3.36.